The van der Waals surface area contributed by atoms with Crippen molar-refractivity contribution in [1.29, 1.82) is 0 Å². The van der Waals surface area contributed by atoms with Gasteiger partial charge in [-0.15, -0.1) is 0 Å². The molecule has 70 valence electrons. The van der Waals surface area contributed by atoms with Gasteiger partial charge in [-0.1, -0.05) is 17.7 Å². The molecule has 0 fully saturated rings. The second-order valence-corrected chi connectivity index (χ2v) is 2.89. The third kappa shape index (κ3) is 2.70. The number of rotatable bonds is 2. The van der Waals surface area contributed by atoms with Crippen LogP contribution in [-0.2, 0) is 16.1 Å². The van der Waals surface area contributed by atoms with Gasteiger partial charge in [0.25, 0.3) is 0 Å². The summed E-state index contributed by atoms with van der Waals surface area (Å²) in [4.78, 5) is 10.5. The predicted octanol–water partition coefficient (Wildman–Crippen LogP) is 2.54. The predicted molar refractivity (Wildman–Crippen MR) is 46.9 cm³/mol. The zero-order valence-corrected chi connectivity index (χ0v) is 7.77. The van der Waals surface area contributed by atoms with E-state index in [2.05, 4.69) is 4.74 Å². The monoisotopic (exact) mass is 202 g/mol. The van der Waals surface area contributed by atoms with Crippen molar-refractivity contribution in [2.45, 2.75) is 13.5 Å². The van der Waals surface area contributed by atoms with Gasteiger partial charge in [0.1, 0.15) is 12.4 Å². The summed E-state index contributed by atoms with van der Waals surface area (Å²) < 4.78 is 17.7. The molecule has 0 atom stereocenters. The van der Waals surface area contributed by atoms with Crippen LogP contribution in [0.2, 0.25) is 5.02 Å². The summed E-state index contributed by atoms with van der Waals surface area (Å²) in [5, 5.41) is 0.265. The Morgan fingerprint density at radius 2 is 2.31 bits per heavy atom. The average molecular weight is 203 g/mol. The van der Waals surface area contributed by atoms with Gasteiger partial charge in [0, 0.05) is 12.5 Å². The first-order valence-corrected chi connectivity index (χ1v) is 4.05. The van der Waals surface area contributed by atoms with Gasteiger partial charge in [-0.25, -0.2) is 4.39 Å². The molecule has 0 heterocycles. The van der Waals surface area contributed by atoms with Gasteiger partial charge in [-0.05, 0) is 12.1 Å². The summed E-state index contributed by atoms with van der Waals surface area (Å²) in [6.07, 6.45) is 0. The Kier molecular flexibility index (Phi) is 3.25. The molecule has 0 spiro atoms. The quantitative estimate of drug-likeness (QED) is 0.689. The Morgan fingerprint density at radius 1 is 1.62 bits per heavy atom. The molecule has 0 aromatic heterocycles. The molecule has 0 amide bonds. The Balaban J connectivity index is 2.81. The second kappa shape index (κ2) is 4.23. The van der Waals surface area contributed by atoms with Crippen LogP contribution in [0.5, 0.6) is 0 Å². The molecule has 0 radical (unpaired) electrons. The van der Waals surface area contributed by atoms with Crippen molar-refractivity contribution in [2.24, 2.45) is 0 Å². The highest BCUT2D eigenvalue weighted by atomic mass is 35.5. The lowest BCUT2D eigenvalue weighted by molar-refractivity contribution is -0.142. The van der Waals surface area contributed by atoms with Gasteiger partial charge in [0.05, 0.1) is 5.02 Å². The van der Waals surface area contributed by atoms with Gasteiger partial charge < -0.3 is 4.74 Å². The van der Waals surface area contributed by atoms with Crippen LogP contribution in [0, 0.1) is 5.82 Å². The Bertz CT molecular complexity index is 305. The van der Waals surface area contributed by atoms with Crippen molar-refractivity contribution in [2.75, 3.05) is 0 Å². The SMILES string of the molecule is CC(=O)OCc1c(F)cccc1Cl. The lowest BCUT2D eigenvalue weighted by atomic mass is 10.2. The third-order valence-electron chi connectivity index (χ3n) is 1.48. The van der Waals surface area contributed by atoms with E-state index in [1.807, 2.05) is 0 Å². The number of carbonyl (C=O) groups is 1. The molecule has 13 heavy (non-hydrogen) atoms. The highest BCUT2D eigenvalue weighted by Crippen LogP contribution is 2.19. The average Bonchev–Trinajstić information content (AvgIpc) is 2.03. The summed E-state index contributed by atoms with van der Waals surface area (Å²) in [6, 6.07) is 4.31. The number of benzene rings is 1. The first kappa shape index (κ1) is 9.99. The molecule has 1 aromatic rings. The summed E-state index contributed by atoms with van der Waals surface area (Å²) in [7, 11) is 0. The fourth-order valence-electron chi connectivity index (χ4n) is 0.844. The van der Waals surface area contributed by atoms with E-state index in [4.69, 9.17) is 11.6 Å². The fourth-order valence-corrected chi connectivity index (χ4v) is 1.06. The van der Waals surface area contributed by atoms with Gasteiger partial charge in [-0.2, -0.15) is 0 Å². The lowest BCUT2D eigenvalue weighted by Gasteiger charge is -2.04. The van der Waals surface area contributed by atoms with Crippen LogP contribution in [0.3, 0.4) is 0 Å². The summed E-state index contributed by atoms with van der Waals surface area (Å²) in [5.41, 5.74) is 0.208. The van der Waals surface area contributed by atoms with E-state index >= 15 is 0 Å². The van der Waals surface area contributed by atoms with Crippen molar-refractivity contribution >= 4 is 17.6 Å². The van der Waals surface area contributed by atoms with Crippen molar-refractivity contribution in [1.82, 2.24) is 0 Å². The Morgan fingerprint density at radius 3 is 2.85 bits per heavy atom. The number of esters is 1. The molecule has 0 aliphatic carbocycles. The molecule has 0 N–H and O–H groups in total. The van der Waals surface area contributed by atoms with Gasteiger partial charge >= 0.3 is 5.97 Å². The number of halogens is 2. The maximum absolute atomic E-state index is 13.0. The Hall–Kier alpha value is -1.09. The molecule has 1 rings (SSSR count). The van der Waals surface area contributed by atoms with Crippen molar-refractivity contribution in [3.63, 3.8) is 0 Å². The zero-order chi connectivity index (χ0) is 9.84. The van der Waals surface area contributed by atoms with Gasteiger partial charge in [-0.3, -0.25) is 4.79 Å². The molecule has 4 heteroatoms. The lowest BCUT2D eigenvalue weighted by Crippen LogP contribution is -2.01. The Labute approximate surface area is 80.3 Å². The number of carbonyl (C=O) groups excluding carboxylic acids is 1. The largest absolute Gasteiger partial charge is 0.461 e. The van der Waals surface area contributed by atoms with E-state index in [0.29, 0.717) is 0 Å². The highest BCUT2D eigenvalue weighted by molar-refractivity contribution is 6.31. The molecule has 0 saturated heterocycles. The first-order chi connectivity index (χ1) is 6.11. The molecule has 1 aromatic carbocycles. The molecule has 0 aliphatic rings. The van der Waals surface area contributed by atoms with Crippen LogP contribution < -0.4 is 0 Å². The molecule has 0 bridgehead atoms. The molecular weight excluding hydrogens is 195 g/mol. The van der Waals surface area contributed by atoms with E-state index in [9.17, 15) is 9.18 Å². The molecule has 0 aliphatic heterocycles. The van der Waals surface area contributed by atoms with Crippen LogP contribution >= 0.6 is 11.6 Å². The van der Waals surface area contributed by atoms with Crippen molar-refractivity contribution in [3.05, 3.63) is 34.6 Å². The number of ether oxygens (including phenoxy) is 1. The maximum atomic E-state index is 13.0. The van der Waals surface area contributed by atoms with E-state index in [1.54, 1.807) is 6.07 Å². The zero-order valence-electron chi connectivity index (χ0n) is 7.01. The standard InChI is InChI=1S/C9H8ClFO2/c1-6(12)13-5-7-8(10)3-2-4-9(7)11/h2-4H,5H2,1H3. The van der Waals surface area contributed by atoms with E-state index in [-0.39, 0.29) is 17.2 Å². The molecule has 2 nitrogen and oxygen atoms in total. The summed E-state index contributed by atoms with van der Waals surface area (Å²) in [6.45, 7) is 1.13. The van der Waals surface area contributed by atoms with Gasteiger partial charge in [0.2, 0.25) is 0 Å². The van der Waals surface area contributed by atoms with Crippen LogP contribution in [0.4, 0.5) is 4.39 Å². The topological polar surface area (TPSA) is 26.3 Å². The van der Waals surface area contributed by atoms with Crippen LogP contribution in [-0.4, -0.2) is 5.97 Å². The van der Waals surface area contributed by atoms with Crippen LogP contribution in [0.15, 0.2) is 18.2 Å². The summed E-state index contributed by atoms with van der Waals surface area (Å²) >= 11 is 5.68. The summed E-state index contributed by atoms with van der Waals surface area (Å²) in [5.74, 6) is -0.923. The minimum atomic E-state index is -0.464. The van der Waals surface area contributed by atoms with E-state index in [0.717, 1.165) is 0 Å². The van der Waals surface area contributed by atoms with Crippen molar-refractivity contribution in [3.8, 4) is 0 Å². The maximum Gasteiger partial charge on any atom is 0.302 e. The smallest absolute Gasteiger partial charge is 0.302 e. The molecular formula is C9H8ClFO2. The minimum absolute atomic E-state index is 0.124. The van der Waals surface area contributed by atoms with Crippen LogP contribution in [0.1, 0.15) is 12.5 Å². The highest BCUT2D eigenvalue weighted by Gasteiger charge is 2.07. The number of hydrogen-bond acceptors (Lipinski definition) is 2. The minimum Gasteiger partial charge on any atom is -0.461 e. The van der Waals surface area contributed by atoms with E-state index < -0.39 is 11.8 Å². The normalized spacial score (nSPS) is 9.77. The van der Waals surface area contributed by atoms with Gasteiger partial charge in [0.15, 0.2) is 0 Å². The second-order valence-electron chi connectivity index (χ2n) is 2.48. The molecule has 0 unspecified atom stereocenters. The van der Waals surface area contributed by atoms with Crippen LogP contribution in [0.25, 0.3) is 0 Å². The number of hydrogen-bond donors (Lipinski definition) is 0. The third-order valence-corrected chi connectivity index (χ3v) is 1.84. The van der Waals surface area contributed by atoms with Crippen molar-refractivity contribution < 1.29 is 13.9 Å². The fraction of sp³-hybridized carbons (Fsp3) is 0.222. The first-order valence-electron chi connectivity index (χ1n) is 3.67. The molecule has 0 saturated carbocycles. The van der Waals surface area contributed by atoms with E-state index in [1.165, 1.54) is 19.1 Å².